The average molecular weight is 272 g/mol. The summed E-state index contributed by atoms with van der Waals surface area (Å²) in [6.07, 6.45) is 2.61. The third-order valence-corrected chi connectivity index (χ3v) is 5.30. The lowest BCUT2D eigenvalue weighted by Crippen LogP contribution is -2.45. The van der Waals surface area contributed by atoms with Crippen LogP contribution in [0.2, 0.25) is 0 Å². The average Bonchev–Trinajstić information content (AvgIpc) is 2.17. The van der Waals surface area contributed by atoms with E-state index in [-0.39, 0.29) is 0 Å². The van der Waals surface area contributed by atoms with Crippen LogP contribution >= 0.6 is 0 Å². The molecular weight excluding hydrogens is 240 g/mol. The molecule has 2 rings (SSSR count). The third kappa shape index (κ3) is 2.80. The minimum atomic E-state index is 0.354. The van der Waals surface area contributed by atoms with Gasteiger partial charge in [-0.25, -0.2) is 0 Å². The molecule has 1 aromatic carbocycles. The molecule has 1 saturated carbocycles. The van der Waals surface area contributed by atoms with Crippen LogP contribution < -0.4 is 0 Å². The highest BCUT2D eigenvalue weighted by atomic mass is 14.5. The number of aryl methyl sites for hydroxylation is 2. The second-order valence-corrected chi connectivity index (χ2v) is 9.27. The SMILES string of the molecule is Cc1ccc(C2C(C)(C)CC(C)(C)CC2(C)C)cc1C. The van der Waals surface area contributed by atoms with Crippen molar-refractivity contribution in [3.05, 3.63) is 34.9 Å². The minimum absolute atomic E-state index is 0.354. The van der Waals surface area contributed by atoms with Gasteiger partial charge >= 0.3 is 0 Å². The number of rotatable bonds is 1. The van der Waals surface area contributed by atoms with E-state index in [1.54, 1.807) is 5.56 Å². The first-order valence-electron chi connectivity index (χ1n) is 8.02. The van der Waals surface area contributed by atoms with Crippen LogP contribution in [0.1, 0.15) is 77.0 Å². The first-order chi connectivity index (χ1) is 8.95. The Labute approximate surface area is 126 Å². The molecule has 1 aliphatic carbocycles. The molecule has 0 bridgehead atoms. The molecule has 0 heterocycles. The molecule has 0 aliphatic heterocycles. The lowest BCUT2D eigenvalue weighted by molar-refractivity contribution is -0.00954. The zero-order valence-electron chi connectivity index (χ0n) is 14.7. The van der Waals surface area contributed by atoms with Gasteiger partial charge in [-0.3, -0.25) is 0 Å². The van der Waals surface area contributed by atoms with Gasteiger partial charge in [-0.1, -0.05) is 59.7 Å². The van der Waals surface area contributed by atoms with Gasteiger partial charge in [0.25, 0.3) is 0 Å². The first-order valence-corrected chi connectivity index (χ1v) is 8.02. The zero-order valence-corrected chi connectivity index (χ0v) is 14.7. The van der Waals surface area contributed by atoms with Crippen LogP contribution in [0.5, 0.6) is 0 Å². The lowest BCUT2D eigenvalue weighted by atomic mass is 9.49. The van der Waals surface area contributed by atoms with E-state index in [4.69, 9.17) is 0 Å². The van der Waals surface area contributed by atoms with Gasteiger partial charge < -0.3 is 0 Å². The third-order valence-electron chi connectivity index (χ3n) is 5.30. The van der Waals surface area contributed by atoms with Crippen molar-refractivity contribution in [3.8, 4) is 0 Å². The maximum atomic E-state index is 2.47. The summed E-state index contributed by atoms with van der Waals surface area (Å²) in [5.41, 5.74) is 5.53. The Bertz CT molecular complexity index is 483. The van der Waals surface area contributed by atoms with E-state index < -0.39 is 0 Å². The Kier molecular flexibility index (Phi) is 3.60. The molecule has 0 heteroatoms. The molecule has 1 aliphatic rings. The topological polar surface area (TPSA) is 0 Å². The molecule has 0 unspecified atom stereocenters. The van der Waals surface area contributed by atoms with Crippen LogP contribution in [0.3, 0.4) is 0 Å². The molecule has 0 atom stereocenters. The Morgan fingerprint density at radius 1 is 0.800 bits per heavy atom. The number of benzene rings is 1. The normalized spacial score (nSPS) is 24.6. The van der Waals surface area contributed by atoms with E-state index in [2.05, 4.69) is 73.6 Å². The van der Waals surface area contributed by atoms with Crippen LogP contribution in [-0.4, -0.2) is 0 Å². The monoisotopic (exact) mass is 272 g/mol. The Hall–Kier alpha value is -0.780. The van der Waals surface area contributed by atoms with E-state index in [0.717, 1.165) is 0 Å². The highest BCUT2D eigenvalue weighted by Gasteiger charge is 2.50. The maximum Gasteiger partial charge on any atom is -0.00588 e. The van der Waals surface area contributed by atoms with Gasteiger partial charge in [-0.2, -0.15) is 0 Å². The summed E-state index contributed by atoms with van der Waals surface area (Å²) in [4.78, 5) is 0. The van der Waals surface area contributed by atoms with Gasteiger partial charge in [0.15, 0.2) is 0 Å². The van der Waals surface area contributed by atoms with Crippen LogP contribution in [0.15, 0.2) is 18.2 Å². The summed E-state index contributed by atoms with van der Waals surface area (Å²) in [6, 6.07) is 7.10. The molecule has 0 radical (unpaired) electrons. The Morgan fingerprint density at radius 3 is 1.75 bits per heavy atom. The highest BCUT2D eigenvalue weighted by Crippen LogP contribution is 2.61. The van der Waals surface area contributed by atoms with Crippen molar-refractivity contribution in [2.24, 2.45) is 16.2 Å². The van der Waals surface area contributed by atoms with Crippen LogP contribution in [0, 0.1) is 30.1 Å². The van der Waals surface area contributed by atoms with Crippen LogP contribution in [-0.2, 0) is 0 Å². The van der Waals surface area contributed by atoms with Gasteiger partial charge in [-0.15, -0.1) is 0 Å². The Morgan fingerprint density at radius 2 is 1.30 bits per heavy atom. The van der Waals surface area contributed by atoms with Crippen molar-refractivity contribution in [3.63, 3.8) is 0 Å². The first kappa shape index (κ1) is 15.6. The molecule has 20 heavy (non-hydrogen) atoms. The minimum Gasteiger partial charge on any atom is -0.0599 e. The van der Waals surface area contributed by atoms with E-state index in [1.165, 1.54) is 24.0 Å². The van der Waals surface area contributed by atoms with Gasteiger partial charge in [0.05, 0.1) is 0 Å². The van der Waals surface area contributed by atoms with Gasteiger partial charge in [-0.05, 0) is 65.5 Å². The quantitative estimate of drug-likeness (QED) is 0.566. The molecule has 0 nitrogen and oxygen atoms in total. The lowest BCUT2D eigenvalue weighted by Gasteiger charge is -2.56. The molecule has 0 saturated heterocycles. The molecule has 0 aromatic heterocycles. The van der Waals surface area contributed by atoms with Gasteiger partial charge in [0.1, 0.15) is 0 Å². The summed E-state index contributed by atoms with van der Waals surface area (Å²) < 4.78 is 0. The number of hydrogen-bond acceptors (Lipinski definition) is 0. The van der Waals surface area contributed by atoms with Crippen molar-refractivity contribution in [1.29, 1.82) is 0 Å². The smallest absolute Gasteiger partial charge is 0.00588 e. The summed E-state index contributed by atoms with van der Waals surface area (Å²) in [6.45, 7) is 19.2. The van der Waals surface area contributed by atoms with Crippen molar-refractivity contribution < 1.29 is 0 Å². The zero-order chi connectivity index (χ0) is 15.3. The molecule has 1 fully saturated rings. The Balaban J connectivity index is 2.50. The molecule has 0 amide bonds. The molecular formula is C20H32. The van der Waals surface area contributed by atoms with E-state index in [1.807, 2.05) is 0 Å². The van der Waals surface area contributed by atoms with Crippen LogP contribution in [0.4, 0.5) is 0 Å². The van der Waals surface area contributed by atoms with Crippen molar-refractivity contribution in [2.45, 2.75) is 74.1 Å². The number of hydrogen-bond donors (Lipinski definition) is 0. The molecule has 0 spiro atoms. The molecule has 112 valence electrons. The van der Waals surface area contributed by atoms with E-state index >= 15 is 0 Å². The second-order valence-electron chi connectivity index (χ2n) is 9.27. The predicted molar refractivity (Wildman–Crippen MR) is 89.2 cm³/mol. The fraction of sp³-hybridized carbons (Fsp3) is 0.700. The second kappa shape index (κ2) is 4.61. The van der Waals surface area contributed by atoms with Crippen molar-refractivity contribution in [1.82, 2.24) is 0 Å². The fourth-order valence-electron chi connectivity index (χ4n) is 5.64. The maximum absolute atomic E-state index is 2.47. The standard InChI is InChI=1S/C20H32/c1-14-9-10-16(11-15(14)2)17-19(5,6)12-18(3,4)13-20(17,7)8/h9-11,17H,12-13H2,1-8H3. The van der Waals surface area contributed by atoms with E-state index in [0.29, 0.717) is 22.2 Å². The molecule has 1 aromatic rings. The predicted octanol–water partition coefficient (Wildman–Crippen LogP) is 6.26. The van der Waals surface area contributed by atoms with Crippen molar-refractivity contribution >= 4 is 0 Å². The van der Waals surface area contributed by atoms with Crippen molar-refractivity contribution in [2.75, 3.05) is 0 Å². The highest BCUT2D eigenvalue weighted by molar-refractivity contribution is 5.34. The summed E-state index contributed by atoms with van der Waals surface area (Å²) in [7, 11) is 0. The summed E-state index contributed by atoms with van der Waals surface area (Å²) in [5.74, 6) is 0.641. The summed E-state index contributed by atoms with van der Waals surface area (Å²) in [5, 5.41) is 0. The van der Waals surface area contributed by atoms with Crippen LogP contribution in [0.25, 0.3) is 0 Å². The molecule has 0 N–H and O–H groups in total. The van der Waals surface area contributed by atoms with E-state index in [9.17, 15) is 0 Å². The van der Waals surface area contributed by atoms with Gasteiger partial charge in [0, 0.05) is 0 Å². The largest absolute Gasteiger partial charge is 0.0599 e. The fourth-order valence-corrected chi connectivity index (χ4v) is 5.64. The summed E-state index contributed by atoms with van der Waals surface area (Å²) >= 11 is 0. The van der Waals surface area contributed by atoms with Gasteiger partial charge in [0.2, 0.25) is 0 Å².